The second-order valence-electron chi connectivity index (χ2n) is 7.35. The first kappa shape index (κ1) is 22.7. The van der Waals surface area contributed by atoms with Crippen LogP contribution in [-0.4, -0.2) is 40.3 Å². The van der Waals surface area contributed by atoms with Crippen molar-refractivity contribution >= 4 is 22.2 Å². The zero-order valence-corrected chi connectivity index (χ0v) is 19.2. The smallest absolute Gasteiger partial charge is 0.493 e. The predicted octanol–water partition coefficient (Wildman–Crippen LogP) is 6.13. The maximum atomic E-state index is 12.4. The normalized spacial score (nSPS) is 11.6. The van der Waals surface area contributed by atoms with Gasteiger partial charge in [-0.3, -0.25) is 0 Å². The minimum Gasteiger partial charge on any atom is -0.493 e. The number of thiophene rings is 1. The number of nitrogens with zero attached hydrogens (tertiary/aromatic N) is 4. The first-order valence-electron chi connectivity index (χ1n) is 10.2. The average Bonchev–Trinajstić information content (AvgIpc) is 3.55. The molecule has 0 saturated heterocycles. The molecule has 5 aromatic rings. The van der Waals surface area contributed by atoms with Crippen LogP contribution in [0.15, 0.2) is 65.6 Å². The zero-order chi connectivity index (χ0) is 24.6. The molecule has 2 aromatic carbocycles. The van der Waals surface area contributed by atoms with E-state index in [1.165, 1.54) is 28.9 Å². The number of benzene rings is 2. The lowest BCUT2D eigenvalue weighted by Gasteiger charge is -2.12. The summed E-state index contributed by atoms with van der Waals surface area (Å²) in [5, 5.41) is 9.11. The summed E-state index contributed by atoms with van der Waals surface area (Å²) in [4.78, 5) is 9.43. The van der Waals surface area contributed by atoms with E-state index in [0.29, 0.717) is 39.8 Å². The fourth-order valence-electron chi connectivity index (χ4n) is 3.60. The van der Waals surface area contributed by atoms with E-state index in [1.807, 2.05) is 22.9 Å². The van der Waals surface area contributed by atoms with Crippen molar-refractivity contribution in [3.05, 3.63) is 65.6 Å². The highest BCUT2D eigenvalue weighted by Gasteiger charge is 2.31. The van der Waals surface area contributed by atoms with Crippen molar-refractivity contribution in [2.24, 2.45) is 0 Å². The minimum absolute atomic E-state index is 0.295. The van der Waals surface area contributed by atoms with Gasteiger partial charge in [0.25, 0.3) is 5.95 Å². The molecule has 35 heavy (non-hydrogen) atoms. The second-order valence-corrected chi connectivity index (χ2v) is 8.13. The quantitative estimate of drug-likeness (QED) is 0.281. The van der Waals surface area contributed by atoms with Gasteiger partial charge in [-0.2, -0.15) is 16.4 Å². The Hall–Kier alpha value is -4.12. The fraction of sp³-hybridized carbons (Fsp3) is 0.125. The maximum absolute atomic E-state index is 12.4. The first-order chi connectivity index (χ1) is 16.8. The molecular formula is C24H17F3N4O3S. The standard InChI is InChI=1S/C24H17F3N4O3S/c1-32-20-9-18-19(10-21(20)33-2)29-23(30-22(18)15-7-8-35-13-15)31-12-16(11-28-31)14-3-5-17(6-4-14)34-24(25,26)27/h3-13H,1-2H3. The van der Waals surface area contributed by atoms with Crippen LogP contribution in [0.5, 0.6) is 17.2 Å². The molecule has 0 spiro atoms. The molecule has 5 rings (SSSR count). The highest BCUT2D eigenvalue weighted by molar-refractivity contribution is 7.08. The topological polar surface area (TPSA) is 71.3 Å². The van der Waals surface area contributed by atoms with E-state index >= 15 is 0 Å². The van der Waals surface area contributed by atoms with E-state index in [1.54, 1.807) is 44.0 Å². The third-order valence-electron chi connectivity index (χ3n) is 5.19. The third kappa shape index (κ3) is 4.62. The van der Waals surface area contributed by atoms with Gasteiger partial charge in [-0.1, -0.05) is 12.1 Å². The number of rotatable bonds is 6. The van der Waals surface area contributed by atoms with Crippen LogP contribution in [0.2, 0.25) is 0 Å². The van der Waals surface area contributed by atoms with E-state index in [2.05, 4.69) is 14.8 Å². The Balaban J connectivity index is 1.56. The van der Waals surface area contributed by atoms with Crippen LogP contribution < -0.4 is 14.2 Å². The van der Waals surface area contributed by atoms with Crippen LogP contribution in [0.1, 0.15) is 0 Å². The van der Waals surface area contributed by atoms with Crippen molar-refractivity contribution in [3.8, 4) is 45.6 Å². The molecule has 0 radical (unpaired) electrons. The lowest BCUT2D eigenvalue weighted by Crippen LogP contribution is -2.16. The van der Waals surface area contributed by atoms with Gasteiger partial charge >= 0.3 is 6.36 Å². The molecule has 178 valence electrons. The predicted molar refractivity (Wildman–Crippen MR) is 125 cm³/mol. The molecule has 3 heterocycles. The summed E-state index contributed by atoms with van der Waals surface area (Å²) in [6, 6.07) is 11.1. The molecule has 11 heteroatoms. The molecule has 0 saturated carbocycles. The van der Waals surface area contributed by atoms with Gasteiger partial charge in [0.1, 0.15) is 5.75 Å². The number of alkyl halides is 3. The fourth-order valence-corrected chi connectivity index (χ4v) is 4.24. The highest BCUT2D eigenvalue weighted by atomic mass is 32.1. The Bertz CT molecular complexity index is 1480. The number of ether oxygens (including phenoxy) is 3. The SMILES string of the molecule is COc1cc2nc(-n3cc(-c4ccc(OC(F)(F)F)cc4)cn3)nc(-c3ccsc3)c2cc1OC. The zero-order valence-electron chi connectivity index (χ0n) is 18.4. The molecule has 0 atom stereocenters. The van der Waals surface area contributed by atoms with Crippen LogP contribution >= 0.6 is 11.3 Å². The van der Waals surface area contributed by atoms with Crippen molar-refractivity contribution in [2.75, 3.05) is 14.2 Å². The molecule has 0 N–H and O–H groups in total. The van der Waals surface area contributed by atoms with Crippen LogP contribution in [0.4, 0.5) is 13.2 Å². The van der Waals surface area contributed by atoms with Gasteiger partial charge in [-0.15, -0.1) is 13.2 Å². The summed E-state index contributed by atoms with van der Waals surface area (Å²) >= 11 is 1.55. The molecule has 0 aliphatic carbocycles. The summed E-state index contributed by atoms with van der Waals surface area (Å²) in [5.74, 6) is 1.13. The third-order valence-corrected chi connectivity index (χ3v) is 5.88. The van der Waals surface area contributed by atoms with Crippen LogP contribution in [0.3, 0.4) is 0 Å². The second kappa shape index (κ2) is 8.91. The molecule has 0 amide bonds. The first-order valence-corrected chi connectivity index (χ1v) is 11.2. The summed E-state index contributed by atoms with van der Waals surface area (Å²) in [6.07, 6.45) is -1.45. The number of hydrogen-bond donors (Lipinski definition) is 0. The Morgan fingerprint density at radius 2 is 1.63 bits per heavy atom. The molecule has 0 bridgehead atoms. The highest BCUT2D eigenvalue weighted by Crippen LogP contribution is 2.36. The van der Waals surface area contributed by atoms with E-state index in [-0.39, 0.29) is 5.75 Å². The number of methoxy groups -OCH3 is 2. The van der Waals surface area contributed by atoms with E-state index in [0.717, 1.165) is 10.9 Å². The van der Waals surface area contributed by atoms with Crippen LogP contribution in [0, 0.1) is 0 Å². The van der Waals surface area contributed by atoms with Crippen molar-refractivity contribution in [3.63, 3.8) is 0 Å². The summed E-state index contributed by atoms with van der Waals surface area (Å²) in [5.41, 5.74) is 3.61. The lowest BCUT2D eigenvalue weighted by atomic mass is 10.1. The van der Waals surface area contributed by atoms with Gasteiger partial charge in [-0.05, 0) is 35.2 Å². The van der Waals surface area contributed by atoms with Gasteiger partial charge in [0.2, 0.25) is 0 Å². The Labute approximate surface area is 201 Å². The van der Waals surface area contributed by atoms with Crippen molar-refractivity contribution in [2.45, 2.75) is 6.36 Å². The van der Waals surface area contributed by atoms with Crippen LogP contribution in [-0.2, 0) is 0 Å². The lowest BCUT2D eigenvalue weighted by molar-refractivity contribution is -0.274. The van der Waals surface area contributed by atoms with Gasteiger partial charge in [0, 0.05) is 34.2 Å². The van der Waals surface area contributed by atoms with Crippen LogP contribution in [0.25, 0.3) is 39.2 Å². The minimum atomic E-state index is -4.74. The summed E-state index contributed by atoms with van der Waals surface area (Å²) < 4.78 is 53.6. The van der Waals surface area contributed by atoms with Crippen molar-refractivity contribution in [1.82, 2.24) is 19.7 Å². The Kier molecular flexibility index (Phi) is 5.77. The largest absolute Gasteiger partial charge is 0.573 e. The maximum Gasteiger partial charge on any atom is 0.573 e. The summed E-state index contributed by atoms with van der Waals surface area (Å²) in [6.45, 7) is 0. The molecule has 0 aliphatic rings. The van der Waals surface area contributed by atoms with Gasteiger partial charge < -0.3 is 14.2 Å². The number of fused-ring (bicyclic) bond motifs is 1. The van der Waals surface area contributed by atoms with Crippen molar-refractivity contribution in [1.29, 1.82) is 0 Å². The van der Waals surface area contributed by atoms with E-state index in [9.17, 15) is 13.2 Å². The number of hydrogen-bond acceptors (Lipinski definition) is 7. The monoisotopic (exact) mass is 498 g/mol. The molecule has 0 unspecified atom stereocenters. The van der Waals surface area contributed by atoms with E-state index in [4.69, 9.17) is 14.5 Å². The van der Waals surface area contributed by atoms with Gasteiger partial charge in [0.15, 0.2) is 11.5 Å². The Morgan fingerprint density at radius 3 is 2.29 bits per heavy atom. The van der Waals surface area contributed by atoms with Gasteiger partial charge in [-0.25, -0.2) is 14.6 Å². The van der Waals surface area contributed by atoms with Gasteiger partial charge in [0.05, 0.1) is 31.6 Å². The van der Waals surface area contributed by atoms with Crippen molar-refractivity contribution < 1.29 is 27.4 Å². The number of halogens is 3. The average molecular weight is 498 g/mol. The molecular weight excluding hydrogens is 481 g/mol. The molecule has 0 aliphatic heterocycles. The molecule has 0 fully saturated rings. The summed E-state index contributed by atoms with van der Waals surface area (Å²) in [7, 11) is 3.12. The molecule has 3 aromatic heterocycles. The Morgan fingerprint density at radius 1 is 0.886 bits per heavy atom. The number of aromatic nitrogens is 4. The van der Waals surface area contributed by atoms with E-state index < -0.39 is 6.36 Å². The molecule has 7 nitrogen and oxygen atoms in total.